The van der Waals surface area contributed by atoms with Crippen molar-refractivity contribution in [1.82, 2.24) is 79.7 Å². The molecule has 0 atom stereocenters. The third-order valence-electron chi connectivity index (χ3n) is 19.6. The standard InChI is InChI=1S/2C40H34N8O8.2ClH/c2*1-49-25-21-23(27(51-3)31(55-7)29(25)53-5)39-46-37(21)44-35-19-15-11-9-13-17(19)33(42-35)41-34-18-14-10-12-16-20(18)36(43-34)45-38-22-24(40(47-38)48-39)28(52-4)32(56-8)30(54-6)26(22)50-2;;/h2*9-16H,1-8H3,(H2,41,42,43,44,45,46,47,48);2*1H/p-2. The van der Waals surface area contributed by atoms with E-state index in [1.165, 1.54) is 114 Å². The lowest BCUT2D eigenvalue weighted by Gasteiger charge is -2.19. The van der Waals surface area contributed by atoms with E-state index in [9.17, 15) is 0 Å². The maximum atomic E-state index is 6.03. The van der Waals surface area contributed by atoms with E-state index in [-0.39, 0.29) is 93.9 Å². The van der Waals surface area contributed by atoms with Crippen LogP contribution in [0.1, 0.15) is 0 Å². The van der Waals surface area contributed by atoms with Crippen molar-refractivity contribution in [3.63, 3.8) is 0 Å². The van der Waals surface area contributed by atoms with Gasteiger partial charge < -0.3 is 121 Å². The predicted octanol–water partition coefficient (Wildman–Crippen LogP) is 7.88. The average molecular weight is 1580 g/mol. The van der Waals surface area contributed by atoms with E-state index < -0.39 is 0 Å². The molecule has 4 aliphatic heterocycles. The molecule has 580 valence electrons. The minimum Gasteiger partial charge on any atom is -1.00 e. The van der Waals surface area contributed by atoms with Crippen LogP contribution in [0.5, 0.6) is 92.0 Å². The SMILES string of the molecule is COc1c(OC)c(OC)c2c(c1OC)-c1nc-2nc2[nH]c(nc3nc(nc4[nH]c(n1)c1ccccc41)-c1ccccc1-3)c1c(OC)c(OC)c(OC)c(OC)c21.COc1c(OC)c(OC)c2c(c1OC)-c1nc-2nc2[nH]c(nc3nc(nc4[nH]c(n1)c1ccccc41)-c1ccccc1-3)c1c(OC)c(OC)c(OC)c(OC)c21.[Cl-].[Cl-]. The monoisotopic (exact) mass is 1580 g/mol. The van der Waals surface area contributed by atoms with Crippen molar-refractivity contribution in [3.8, 4) is 183 Å². The van der Waals surface area contributed by atoms with Gasteiger partial charge in [0.25, 0.3) is 0 Å². The minimum absolute atomic E-state index is 0. The van der Waals surface area contributed by atoms with Gasteiger partial charge in [-0.05, 0) is 0 Å². The molecule has 0 radical (unpaired) electrons. The Hall–Kier alpha value is -14.1. The number of halogens is 2. The molecule has 4 N–H and O–H groups in total. The molecule has 0 saturated carbocycles. The smallest absolute Gasteiger partial charge is 0.208 e. The summed E-state index contributed by atoms with van der Waals surface area (Å²) >= 11 is 0. The van der Waals surface area contributed by atoms with Gasteiger partial charge in [0.1, 0.15) is 45.2 Å². The second-order valence-corrected chi connectivity index (χ2v) is 24.9. The molecule has 0 aliphatic carbocycles. The molecule has 0 amide bonds. The highest BCUT2D eigenvalue weighted by atomic mass is 35.5. The number of hydrogen-bond donors (Lipinski definition) is 4. The number of rotatable bonds is 16. The molecule has 32 nitrogen and oxygen atoms in total. The van der Waals surface area contributed by atoms with Crippen LogP contribution in [0.15, 0.2) is 97.1 Å². The number of hydrogen-bond acceptors (Lipinski definition) is 28. The fraction of sp³-hybridized carbons (Fsp3) is 0.200. The van der Waals surface area contributed by atoms with Crippen molar-refractivity contribution < 1.29 is 101 Å². The normalized spacial score (nSPS) is 11.4. The molecule has 34 heteroatoms. The van der Waals surface area contributed by atoms with Crippen LogP contribution < -0.4 is 101 Å². The maximum absolute atomic E-state index is 6.03. The first kappa shape index (κ1) is 75.3. The number of nitrogens with one attached hydrogen (secondary N) is 4. The molecule has 0 spiro atoms. The van der Waals surface area contributed by atoms with Gasteiger partial charge in [0.05, 0.1) is 158 Å². The van der Waals surface area contributed by atoms with Gasteiger partial charge in [-0.15, -0.1) is 0 Å². The molecule has 8 aromatic carbocycles. The molecule has 0 fully saturated rings. The van der Waals surface area contributed by atoms with E-state index in [2.05, 4.69) is 19.9 Å². The number of aromatic amines is 4. The highest BCUT2D eigenvalue weighted by Crippen LogP contribution is 2.61. The van der Waals surface area contributed by atoms with Gasteiger partial charge in [-0.25, -0.2) is 59.8 Å². The number of fused-ring (bicyclic) bond motifs is 40. The first-order valence-corrected chi connectivity index (χ1v) is 34.5. The molecular formula is C80H68Cl2N16O16-2. The lowest BCUT2D eigenvalue weighted by Crippen LogP contribution is -3.00. The average Bonchev–Trinajstić information content (AvgIpc) is 1.57. The van der Waals surface area contributed by atoms with Crippen LogP contribution in [0.2, 0.25) is 0 Å². The molecule has 14 aromatic rings. The third kappa shape index (κ3) is 11.2. The van der Waals surface area contributed by atoms with Gasteiger partial charge in [0.2, 0.25) is 46.0 Å². The van der Waals surface area contributed by atoms with Gasteiger partial charge in [0.15, 0.2) is 92.6 Å². The second kappa shape index (κ2) is 29.9. The number of H-pyrrole nitrogens is 4. The van der Waals surface area contributed by atoms with E-state index in [1.54, 1.807) is 0 Å². The molecule has 6 aromatic heterocycles. The van der Waals surface area contributed by atoms with Gasteiger partial charge in [0, 0.05) is 43.8 Å². The zero-order valence-electron chi connectivity index (χ0n) is 63.9. The summed E-state index contributed by atoms with van der Waals surface area (Å²) in [4.78, 5) is 74.8. The van der Waals surface area contributed by atoms with Crippen LogP contribution in [0, 0.1) is 0 Å². The van der Waals surface area contributed by atoms with Crippen LogP contribution in [-0.4, -0.2) is 194 Å². The van der Waals surface area contributed by atoms with E-state index >= 15 is 0 Å². The van der Waals surface area contributed by atoms with Crippen LogP contribution >= 0.6 is 0 Å². The summed E-state index contributed by atoms with van der Waals surface area (Å²) in [6.45, 7) is 0. The Morgan fingerprint density at radius 3 is 0.544 bits per heavy atom. The highest BCUT2D eigenvalue weighted by Gasteiger charge is 2.39. The van der Waals surface area contributed by atoms with E-state index in [1.807, 2.05) is 97.1 Å². The highest BCUT2D eigenvalue weighted by molar-refractivity contribution is 6.16. The molecule has 0 unspecified atom stereocenters. The van der Waals surface area contributed by atoms with E-state index in [0.717, 1.165) is 43.8 Å². The molecule has 0 saturated heterocycles. The Morgan fingerprint density at radius 1 is 0.175 bits per heavy atom. The summed E-state index contributed by atoms with van der Waals surface area (Å²) in [7, 11) is 24.3. The number of nitrogens with zero attached hydrogens (tertiary/aromatic N) is 12. The molecular weight excluding hydrogens is 1510 g/mol. The minimum atomic E-state index is 0. The number of methoxy groups -OCH3 is 16. The fourth-order valence-electron chi connectivity index (χ4n) is 15.0. The topological polar surface area (TPSA) is 366 Å². The summed E-state index contributed by atoms with van der Waals surface area (Å²) in [6.07, 6.45) is 0. The fourth-order valence-corrected chi connectivity index (χ4v) is 15.0. The van der Waals surface area contributed by atoms with Crippen LogP contribution in [-0.2, 0) is 0 Å². The van der Waals surface area contributed by atoms with Crippen molar-refractivity contribution >= 4 is 88.3 Å². The Morgan fingerprint density at radius 2 is 0.333 bits per heavy atom. The van der Waals surface area contributed by atoms with Gasteiger partial charge in [-0.2, -0.15) is 0 Å². The Kier molecular flexibility index (Phi) is 19.8. The number of ether oxygens (including phenoxy) is 16. The number of benzene rings is 8. The zero-order valence-corrected chi connectivity index (χ0v) is 65.4. The third-order valence-corrected chi connectivity index (χ3v) is 19.6. The number of aromatic nitrogens is 16. The Labute approximate surface area is 659 Å². The molecule has 10 heterocycles. The molecule has 4 aliphatic rings. The summed E-state index contributed by atoms with van der Waals surface area (Å²) in [5.74, 6) is 7.34. The van der Waals surface area contributed by atoms with Crippen LogP contribution in [0.4, 0.5) is 0 Å². The van der Waals surface area contributed by atoms with Crippen LogP contribution in [0.25, 0.3) is 179 Å². The van der Waals surface area contributed by atoms with Gasteiger partial charge >= 0.3 is 0 Å². The maximum Gasteiger partial charge on any atom is 0.208 e. The lowest BCUT2D eigenvalue weighted by atomic mass is 10.0. The first-order valence-electron chi connectivity index (χ1n) is 34.5. The molecule has 16 bridgehead atoms. The Bertz CT molecular complexity index is 6300. The predicted molar refractivity (Wildman–Crippen MR) is 417 cm³/mol. The van der Waals surface area contributed by atoms with Crippen molar-refractivity contribution in [3.05, 3.63) is 97.1 Å². The van der Waals surface area contributed by atoms with E-state index in [0.29, 0.717) is 158 Å². The molecule has 18 rings (SSSR count). The van der Waals surface area contributed by atoms with Crippen LogP contribution in [0.3, 0.4) is 0 Å². The molecule has 114 heavy (non-hydrogen) atoms. The van der Waals surface area contributed by atoms with Crippen molar-refractivity contribution in [1.29, 1.82) is 0 Å². The largest absolute Gasteiger partial charge is 1.00 e. The van der Waals surface area contributed by atoms with Crippen molar-refractivity contribution in [2.75, 3.05) is 114 Å². The van der Waals surface area contributed by atoms with E-state index in [4.69, 9.17) is 136 Å². The van der Waals surface area contributed by atoms with Crippen molar-refractivity contribution in [2.24, 2.45) is 0 Å². The van der Waals surface area contributed by atoms with Crippen molar-refractivity contribution in [2.45, 2.75) is 0 Å². The zero-order chi connectivity index (χ0) is 77.7. The summed E-state index contributed by atoms with van der Waals surface area (Å²) in [5.41, 5.74) is 8.25. The van der Waals surface area contributed by atoms with Gasteiger partial charge in [-0.1, -0.05) is 97.1 Å². The summed E-state index contributed by atoms with van der Waals surface area (Å²) in [5, 5.41) is 5.15. The quantitative estimate of drug-likeness (QED) is 0.0714. The summed E-state index contributed by atoms with van der Waals surface area (Å²) in [6, 6.07) is 31.1. The van der Waals surface area contributed by atoms with Gasteiger partial charge in [-0.3, -0.25) is 0 Å². The summed E-state index contributed by atoms with van der Waals surface area (Å²) < 4.78 is 95.0. The lowest BCUT2D eigenvalue weighted by molar-refractivity contribution is -0.00100. The second-order valence-electron chi connectivity index (χ2n) is 24.9. The first-order chi connectivity index (χ1) is 54.8. The Balaban J connectivity index is 0.000000177.